The summed E-state index contributed by atoms with van der Waals surface area (Å²) in [5.41, 5.74) is 2.26. The Morgan fingerprint density at radius 2 is 1.59 bits per heavy atom. The summed E-state index contributed by atoms with van der Waals surface area (Å²) in [4.78, 5) is 25.3. The highest BCUT2D eigenvalue weighted by Crippen LogP contribution is 2.06. The minimum Gasteiger partial charge on any atom is -0.451 e. The molecule has 7 heteroatoms. The molecule has 29 heavy (non-hydrogen) atoms. The maximum atomic E-state index is 12.3. The molecule has 3 rings (SSSR count). The van der Waals surface area contributed by atoms with E-state index < -0.39 is 11.9 Å². The number of aryl methyl sites for hydroxylation is 1. The van der Waals surface area contributed by atoms with Gasteiger partial charge in [-0.2, -0.15) is 0 Å². The van der Waals surface area contributed by atoms with Gasteiger partial charge in [0.05, 0.1) is 0 Å². The average molecular weight is 394 g/mol. The predicted molar refractivity (Wildman–Crippen MR) is 107 cm³/mol. The van der Waals surface area contributed by atoms with E-state index in [0.717, 1.165) is 16.0 Å². The number of quaternary nitrogens is 1. The van der Waals surface area contributed by atoms with Crippen LogP contribution in [-0.4, -0.2) is 30.2 Å². The molecule has 150 valence electrons. The molecule has 0 bridgehead atoms. The highest BCUT2D eigenvalue weighted by atomic mass is 16.5. The van der Waals surface area contributed by atoms with Crippen molar-refractivity contribution >= 4 is 17.7 Å². The molecular formula is C22H24N3O4+. The number of ether oxygens (including phenoxy) is 1. The monoisotopic (exact) mass is 394 g/mol. The van der Waals surface area contributed by atoms with Crippen molar-refractivity contribution in [3.63, 3.8) is 0 Å². The number of carbonyl (C=O) groups is 2. The number of nitrogens with zero attached hydrogens (tertiary/aromatic N) is 1. The zero-order valence-electron chi connectivity index (χ0n) is 16.3. The van der Waals surface area contributed by atoms with Crippen LogP contribution in [0.2, 0.25) is 0 Å². The fraction of sp³-hybridized carbons (Fsp3) is 0.227. The van der Waals surface area contributed by atoms with E-state index in [1.54, 1.807) is 13.0 Å². The van der Waals surface area contributed by atoms with Gasteiger partial charge in [-0.15, -0.1) is 0 Å². The van der Waals surface area contributed by atoms with Gasteiger partial charge in [0.1, 0.15) is 18.8 Å². The maximum Gasteiger partial charge on any atom is 0.362 e. The van der Waals surface area contributed by atoms with Crippen molar-refractivity contribution in [2.45, 2.75) is 20.0 Å². The van der Waals surface area contributed by atoms with Crippen LogP contribution in [0.25, 0.3) is 0 Å². The number of rotatable bonds is 9. The van der Waals surface area contributed by atoms with Gasteiger partial charge in [0.15, 0.2) is 19.0 Å². The third-order valence-electron chi connectivity index (χ3n) is 4.25. The lowest BCUT2D eigenvalue weighted by atomic mass is 10.1. The van der Waals surface area contributed by atoms with Crippen LogP contribution in [0.5, 0.6) is 0 Å². The Bertz CT molecular complexity index is 884. The van der Waals surface area contributed by atoms with Gasteiger partial charge in [-0.1, -0.05) is 65.8 Å². The highest BCUT2D eigenvalue weighted by molar-refractivity contribution is 5.91. The molecule has 0 aliphatic carbocycles. The number of hydrogen-bond acceptors (Lipinski definition) is 5. The molecule has 3 aromatic rings. The molecule has 0 aliphatic heterocycles. The number of aromatic nitrogens is 1. The van der Waals surface area contributed by atoms with Crippen LogP contribution in [0.3, 0.4) is 0 Å². The Balaban J connectivity index is 1.54. The average Bonchev–Trinajstić information content (AvgIpc) is 3.12. The number of anilines is 1. The Kier molecular flexibility index (Phi) is 7.13. The predicted octanol–water partition coefficient (Wildman–Crippen LogP) is 1.75. The van der Waals surface area contributed by atoms with Crippen LogP contribution < -0.4 is 10.2 Å². The molecule has 0 aliphatic rings. The molecule has 0 saturated heterocycles. The summed E-state index contributed by atoms with van der Waals surface area (Å²) in [6.07, 6.45) is 0. The second kappa shape index (κ2) is 10.2. The van der Waals surface area contributed by atoms with Gasteiger partial charge in [-0.25, -0.2) is 4.79 Å². The first kappa shape index (κ1) is 20.3. The van der Waals surface area contributed by atoms with Gasteiger partial charge in [-0.05, 0) is 6.92 Å². The molecule has 1 amide bonds. The van der Waals surface area contributed by atoms with Crippen molar-refractivity contribution in [1.29, 1.82) is 0 Å². The summed E-state index contributed by atoms with van der Waals surface area (Å²) in [6.45, 7) is 2.86. The minimum atomic E-state index is -0.459. The van der Waals surface area contributed by atoms with E-state index in [1.807, 2.05) is 60.7 Å². The van der Waals surface area contributed by atoms with Crippen molar-refractivity contribution in [1.82, 2.24) is 5.16 Å². The lowest BCUT2D eigenvalue weighted by Gasteiger charge is -2.19. The lowest BCUT2D eigenvalue weighted by Crippen LogP contribution is -3.10. The van der Waals surface area contributed by atoms with Gasteiger partial charge >= 0.3 is 5.97 Å². The molecule has 0 saturated carbocycles. The van der Waals surface area contributed by atoms with E-state index in [2.05, 4.69) is 10.5 Å². The van der Waals surface area contributed by atoms with Crippen LogP contribution in [0.15, 0.2) is 71.3 Å². The zero-order chi connectivity index (χ0) is 20.5. The molecule has 0 fully saturated rings. The fourth-order valence-electron chi connectivity index (χ4n) is 2.96. The molecule has 2 N–H and O–H groups in total. The number of hydrogen-bond donors (Lipinski definition) is 2. The summed E-state index contributed by atoms with van der Waals surface area (Å²) in [5, 5.41) is 6.20. The van der Waals surface area contributed by atoms with E-state index in [9.17, 15) is 9.59 Å². The van der Waals surface area contributed by atoms with Crippen molar-refractivity contribution in [2.75, 3.05) is 18.5 Å². The minimum absolute atomic E-state index is 0.153. The van der Waals surface area contributed by atoms with Crippen molar-refractivity contribution in [3.05, 3.63) is 83.6 Å². The number of benzene rings is 2. The van der Waals surface area contributed by atoms with Crippen LogP contribution >= 0.6 is 0 Å². The number of carbonyl (C=O) groups excluding carboxylic acids is 2. The molecule has 2 aromatic carbocycles. The normalized spacial score (nSPS) is 10.7. The Morgan fingerprint density at radius 1 is 1.00 bits per heavy atom. The first-order chi connectivity index (χ1) is 14.1. The lowest BCUT2D eigenvalue weighted by molar-refractivity contribution is -0.920. The van der Waals surface area contributed by atoms with E-state index in [-0.39, 0.29) is 13.2 Å². The molecule has 0 spiro atoms. The van der Waals surface area contributed by atoms with Crippen LogP contribution in [0.1, 0.15) is 16.9 Å². The second-order valence-electron chi connectivity index (χ2n) is 6.78. The smallest absolute Gasteiger partial charge is 0.362 e. The molecule has 0 radical (unpaired) electrons. The zero-order valence-corrected chi connectivity index (χ0v) is 16.3. The number of esters is 1. The summed E-state index contributed by atoms with van der Waals surface area (Å²) in [7, 11) is 0. The third-order valence-corrected chi connectivity index (χ3v) is 4.25. The van der Waals surface area contributed by atoms with Gasteiger partial charge in [-0.3, -0.25) is 4.79 Å². The molecule has 1 aromatic heterocycles. The van der Waals surface area contributed by atoms with E-state index in [4.69, 9.17) is 9.26 Å². The highest BCUT2D eigenvalue weighted by Gasteiger charge is 2.18. The Labute approximate surface area is 169 Å². The standard InChI is InChI=1S/C22H23N3O4/c1-17-12-20(24-29-17)23-21(26)16-28-22(27)15-25(13-18-8-4-2-5-9-18)14-19-10-6-3-7-11-19/h2-12H,13-16H2,1H3,(H,23,24,26)/p+1. The Hall–Kier alpha value is -3.45. The van der Waals surface area contributed by atoms with Gasteiger partial charge in [0, 0.05) is 17.2 Å². The molecule has 0 unspecified atom stereocenters. The quantitative estimate of drug-likeness (QED) is 0.540. The second-order valence-corrected chi connectivity index (χ2v) is 6.78. The van der Waals surface area contributed by atoms with E-state index in [0.29, 0.717) is 24.7 Å². The number of amides is 1. The maximum absolute atomic E-state index is 12.3. The summed E-state index contributed by atoms with van der Waals surface area (Å²) >= 11 is 0. The van der Waals surface area contributed by atoms with Crippen LogP contribution in [0.4, 0.5) is 5.82 Å². The van der Waals surface area contributed by atoms with E-state index >= 15 is 0 Å². The van der Waals surface area contributed by atoms with Crippen LogP contribution in [-0.2, 0) is 27.4 Å². The van der Waals surface area contributed by atoms with Gasteiger partial charge < -0.3 is 19.5 Å². The Morgan fingerprint density at radius 3 is 2.10 bits per heavy atom. The van der Waals surface area contributed by atoms with E-state index in [1.165, 1.54) is 0 Å². The third kappa shape index (κ3) is 6.90. The largest absolute Gasteiger partial charge is 0.451 e. The van der Waals surface area contributed by atoms with Crippen molar-refractivity contribution < 1.29 is 23.7 Å². The first-order valence-electron chi connectivity index (χ1n) is 9.38. The molecule has 0 atom stereocenters. The molecule has 7 nitrogen and oxygen atoms in total. The van der Waals surface area contributed by atoms with Gasteiger partial charge in [0.25, 0.3) is 5.91 Å². The number of nitrogens with one attached hydrogen (secondary N) is 2. The topological polar surface area (TPSA) is 85.9 Å². The van der Waals surface area contributed by atoms with Crippen molar-refractivity contribution in [3.8, 4) is 0 Å². The summed E-state index contributed by atoms with van der Waals surface area (Å²) in [5.74, 6) is -0.0139. The van der Waals surface area contributed by atoms with Gasteiger partial charge in [0.2, 0.25) is 0 Å². The fourth-order valence-corrected chi connectivity index (χ4v) is 2.96. The molecule has 1 heterocycles. The van der Waals surface area contributed by atoms with Crippen molar-refractivity contribution in [2.24, 2.45) is 0 Å². The summed E-state index contributed by atoms with van der Waals surface area (Å²) < 4.78 is 10.0. The summed E-state index contributed by atoms with van der Waals surface area (Å²) in [6, 6.07) is 21.5. The SMILES string of the molecule is Cc1cc(NC(=O)COC(=O)C[NH+](Cc2ccccc2)Cc2ccccc2)no1. The van der Waals surface area contributed by atoms with Crippen LogP contribution in [0, 0.1) is 6.92 Å². The first-order valence-corrected chi connectivity index (χ1v) is 9.38. The molecular weight excluding hydrogens is 370 g/mol.